The maximum absolute atomic E-state index is 10.9. The smallest absolute Gasteiger partial charge is 0.209 e. The average molecular weight is 466 g/mol. The molecule has 1 unspecified atom stereocenters. The average Bonchev–Trinajstić information content (AvgIpc) is 2.12. The summed E-state index contributed by atoms with van der Waals surface area (Å²) in [5, 5.41) is 4.98. The molecule has 102 valence electrons. The second-order valence-corrected chi connectivity index (χ2v) is 8.23. The number of hydrogen-bond donors (Lipinski definition) is 1. The highest BCUT2D eigenvalue weighted by molar-refractivity contribution is 9.11. The lowest BCUT2D eigenvalue weighted by atomic mass is 10.2. The summed E-state index contributed by atoms with van der Waals surface area (Å²) in [7, 11) is -3.47. The molecule has 8 heteroatoms. The maximum Gasteiger partial charge on any atom is 0.209 e. The van der Waals surface area contributed by atoms with Crippen molar-refractivity contribution in [3.8, 4) is 5.75 Å². The van der Waals surface area contributed by atoms with Gasteiger partial charge in [0.2, 0.25) is 10.0 Å². The van der Waals surface area contributed by atoms with Crippen LogP contribution >= 0.6 is 47.8 Å². The summed E-state index contributed by atoms with van der Waals surface area (Å²) in [6.45, 7) is 2.04. The second-order valence-electron chi connectivity index (χ2n) is 3.94. The normalized spacial score (nSPS) is 13.4. The van der Waals surface area contributed by atoms with Crippen LogP contribution in [0.1, 0.15) is 6.92 Å². The van der Waals surface area contributed by atoms with Crippen LogP contribution in [-0.2, 0) is 10.0 Å². The highest BCUT2D eigenvalue weighted by atomic mass is 79.9. The highest BCUT2D eigenvalue weighted by Gasteiger charge is 2.14. The van der Waals surface area contributed by atoms with E-state index in [2.05, 4.69) is 47.8 Å². The van der Waals surface area contributed by atoms with Gasteiger partial charge in [-0.25, -0.2) is 13.6 Å². The molecular weight excluding hydrogens is 454 g/mol. The lowest BCUT2D eigenvalue weighted by Crippen LogP contribution is -2.25. The fourth-order valence-corrected chi connectivity index (χ4v) is 4.71. The molecule has 1 rings (SSSR count). The van der Waals surface area contributed by atoms with Crippen molar-refractivity contribution in [2.24, 2.45) is 11.1 Å². The van der Waals surface area contributed by atoms with Crippen LogP contribution in [0.25, 0.3) is 0 Å². The summed E-state index contributed by atoms with van der Waals surface area (Å²) >= 11 is 10.1. The third kappa shape index (κ3) is 5.56. The number of benzene rings is 1. The van der Waals surface area contributed by atoms with Crippen LogP contribution in [0.15, 0.2) is 25.6 Å². The van der Waals surface area contributed by atoms with Crippen molar-refractivity contribution in [3.05, 3.63) is 25.6 Å². The van der Waals surface area contributed by atoms with Crippen molar-refractivity contribution in [2.75, 3.05) is 12.4 Å². The Morgan fingerprint density at radius 3 is 2.22 bits per heavy atom. The predicted octanol–water partition coefficient (Wildman–Crippen LogP) is 3.28. The number of sulfonamides is 1. The van der Waals surface area contributed by atoms with Crippen LogP contribution in [-0.4, -0.2) is 20.8 Å². The fraction of sp³-hybridized carbons (Fsp3) is 0.400. The van der Waals surface area contributed by atoms with Gasteiger partial charge in [0.05, 0.1) is 21.3 Å². The van der Waals surface area contributed by atoms with E-state index in [1.54, 1.807) is 6.92 Å². The van der Waals surface area contributed by atoms with Crippen LogP contribution in [0.2, 0.25) is 0 Å². The Labute approximate surface area is 132 Å². The molecule has 0 aromatic heterocycles. The molecule has 0 heterocycles. The predicted molar refractivity (Wildman–Crippen MR) is 82.2 cm³/mol. The number of hydrogen-bond acceptors (Lipinski definition) is 3. The van der Waals surface area contributed by atoms with E-state index in [1.807, 2.05) is 12.1 Å². The Kier molecular flexibility index (Phi) is 6.11. The van der Waals surface area contributed by atoms with E-state index >= 15 is 0 Å². The van der Waals surface area contributed by atoms with E-state index < -0.39 is 10.0 Å². The largest absolute Gasteiger partial charge is 0.491 e. The number of primary sulfonamides is 1. The molecule has 1 aromatic rings. The molecule has 0 saturated heterocycles. The van der Waals surface area contributed by atoms with E-state index in [0.717, 1.165) is 13.4 Å². The van der Waals surface area contributed by atoms with E-state index in [4.69, 9.17) is 9.88 Å². The first-order valence-corrected chi connectivity index (χ1v) is 9.06. The van der Waals surface area contributed by atoms with Crippen LogP contribution in [0.3, 0.4) is 0 Å². The van der Waals surface area contributed by atoms with E-state index in [1.165, 1.54) is 0 Å². The SMILES string of the molecule is CC(COc1c(Br)cc(Br)cc1Br)CS(N)(=O)=O. The van der Waals surface area contributed by atoms with Crippen molar-refractivity contribution in [1.29, 1.82) is 0 Å². The van der Waals surface area contributed by atoms with Gasteiger partial charge in [-0.2, -0.15) is 0 Å². The van der Waals surface area contributed by atoms with Crippen LogP contribution in [0.5, 0.6) is 5.75 Å². The molecule has 18 heavy (non-hydrogen) atoms. The van der Waals surface area contributed by atoms with Gasteiger partial charge in [-0.1, -0.05) is 22.9 Å². The minimum atomic E-state index is -3.47. The Morgan fingerprint density at radius 2 is 1.78 bits per heavy atom. The molecule has 2 N–H and O–H groups in total. The van der Waals surface area contributed by atoms with Crippen LogP contribution in [0.4, 0.5) is 0 Å². The van der Waals surface area contributed by atoms with Gasteiger partial charge in [0.25, 0.3) is 0 Å². The first-order chi connectivity index (χ1) is 8.19. The number of halogens is 3. The van der Waals surface area contributed by atoms with Crippen LogP contribution in [0, 0.1) is 5.92 Å². The zero-order chi connectivity index (χ0) is 13.9. The molecule has 0 bridgehead atoms. The summed E-state index contributed by atoms with van der Waals surface area (Å²) in [6, 6.07) is 3.70. The first-order valence-electron chi connectivity index (χ1n) is 4.97. The van der Waals surface area contributed by atoms with E-state index in [-0.39, 0.29) is 18.3 Å². The lowest BCUT2D eigenvalue weighted by Gasteiger charge is -2.14. The van der Waals surface area contributed by atoms with Crippen molar-refractivity contribution >= 4 is 57.8 Å². The fourth-order valence-electron chi connectivity index (χ4n) is 1.34. The molecule has 0 aliphatic heterocycles. The molecular formula is C10H12Br3NO3S. The molecule has 4 nitrogen and oxygen atoms in total. The van der Waals surface area contributed by atoms with Gasteiger partial charge in [0, 0.05) is 10.4 Å². The molecule has 0 spiro atoms. The molecule has 0 aliphatic rings. The van der Waals surface area contributed by atoms with Gasteiger partial charge in [-0.3, -0.25) is 0 Å². The summed E-state index contributed by atoms with van der Waals surface area (Å²) in [4.78, 5) is 0. The standard InChI is InChI=1S/C10H12Br3NO3S/c1-6(5-18(14,15)16)4-17-10-8(12)2-7(11)3-9(10)13/h2-3,6H,4-5H2,1H3,(H2,14,15,16). The third-order valence-electron chi connectivity index (χ3n) is 1.99. The van der Waals surface area contributed by atoms with Gasteiger partial charge >= 0.3 is 0 Å². The van der Waals surface area contributed by atoms with Gasteiger partial charge in [-0.05, 0) is 44.0 Å². The Balaban J connectivity index is 2.70. The number of ether oxygens (including phenoxy) is 1. The van der Waals surface area contributed by atoms with Crippen molar-refractivity contribution in [2.45, 2.75) is 6.92 Å². The highest BCUT2D eigenvalue weighted by Crippen LogP contribution is 2.36. The topological polar surface area (TPSA) is 69.4 Å². The zero-order valence-corrected chi connectivity index (χ0v) is 15.1. The van der Waals surface area contributed by atoms with Gasteiger partial charge in [0.15, 0.2) is 0 Å². The minimum absolute atomic E-state index is 0.0984. The minimum Gasteiger partial charge on any atom is -0.491 e. The Morgan fingerprint density at radius 1 is 1.28 bits per heavy atom. The number of nitrogens with two attached hydrogens (primary N) is 1. The Bertz CT molecular complexity index is 510. The van der Waals surface area contributed by atoms with E-state index in [9.17, 15) is 8.42 Å². The maximum atomic E-state index is 10.9. The monoisotopic (exact) mass is 463 g/mol. The lowest BCUT2D eigenvalue weighted by molar-refractivity contribution is 0.268. The summed E-state index contributed by atoms with van der Waals surface area (Å²) in [5.41, 5.74) is 0. The number of rotatable bonds is 5. The molecule has 0 amide bonds. The van der Waals surface area contributed by atoms with Crippen molar-refractivity contribution in [1.82, 2.24) is 0 Å². The second kappa shape index (κ2) is 6.69. The first kappa shape index (κ1) is 16.4. The van der Waals surface area contributed by atoms with Crippen molar-refractivity contribution < 1.29 is 13.2 Å². The van der Waals surface area contributed by atoms with Crippen LogP contribution < -0.4 is 9.88 Å². The summed E-state index contributed by atoms with van der Waals surface area (Å²) in [5.74, 6) is 0.362. The molecule has 0 saturated carbocycles. The quantitative estimate of drug-likeness (QED) is 0.725. The van der Waals surface area contributed by atoms with Crippen molar-refractivity contribution in [3.63, 3.8) is 0 Å². The van der Waals surface area contributed by atoms with Gasteiger partial charge in [-0.15, -0.1) is 0 Å². The third-order valence-corrected chi connectivity index (χ3v) is 4.66. The summed E-state index contributed by atoms with van der Waals surface area (Å²) < 4.78 is 29.9. The zero-order valence-electron chi connectivity index (χ0n) is 9.49. The molecule has 1 atom stereocenters. The molecule has 0 radical (unpaired) electrons. The summed E-state index contributed by atoms with van der Waals surface area (Å²) in [6.07, 6.45) is 0. The Hall–Kier alpha value is 0.370. The van der Waals surface area contributed by atoms with Gasteiger partial charge in [0.1, 0.15) is 5.75 Å². The molecule has 1 aromatic carbocycles. The molecule has 0 fully saturated rings. The molecule has 0 aliphatic carbocycles. The van der Waals surface area contributed by atoms with E-state index in [0.29, 0.717) is 5.75 Å². The van der Waals surface area contributed by atoms with Gasteiger partial charge < -0.3 is 4.74 Å².